The summed E-state index contributed by atoms with van der Waals surface area (Å²) in [5.74, 6) is -0.570. The molecule has 19 heavy (non-hydrogen) atoms. The molecule has 4 N–H and O–H groups in total. The summed E-state index contributed by atoms with van der Waals surface area (Å²) >= 11 is 0. The summed E-state index contributed by atoms with van der Waals surface area (Å²) in [6, 6.07) is -0.818. The van der Waals surface area contributed by atoms with E-state index in [0.29, 0.717) is 13.1 Å². The molecule has 0 rings (SSSR count). The molecule has 0 heterocycles. The molecule has 1 atom stereocenters. The Labute approximate surface area is 114 Å². The van der Waals surface area contributed by atoms with Crippen molar-refractivity contribution in [3.05, 3.63) is 0 Å². The fraction of sp³-hybridized carbons (Fsp3) is 0.833. The number of rotatable bonds is 10. The molecule has 0 aromatic heterocycles. The first-order chi connectivity index (χ1) is 9.10. The fourth-order valence-electron chi connectivity index (χ4n) is 1.64. The summed E-state index contributed by atoms with van der Waals surface area (Å²) in [7, 11) is 0. The minimum absolute atomic E-state index is 0.0286. The third-order valence-corrected chi connectivity index (χ3v) is 2.57. The number of hydrogen-bond donors (Lipinski definition) is 4. The van der Waals surface area contributed by atoms with Crippen LogP contribution in [-0.4, -0.2) is 72.4 Å². The largest absolute Gasteiger partial charge is 0.395 e. The fourth-order valence-corrected chi connectivity index (χ4v) is 1.64. The minimum atomic E-state index is -0.818. The Morgan fingerprint density at radius 3 is 2.37 bits per heavy atom. The first-order valence-corrected chi connectivity index (χ1v) is 6.60. The van der Waals surface area contributed by atoms with Gasteiger partial charge in [-0.1, -0.05) is 6.92 Å². The summed E-state index contributed by atoms with van der Waals surface area (Å²) in [4.78, 5) is 24.9. The first-order valence-electron chi connectivity index (χ1n) is 6.60. The number of nitrogens with zero attached hydrogens (tertiary/aromatic N) is 1. The predicted molar refractivity (Wildman–Crippen MR) is 71.5 cm³/mol. The van der Waals surface area contributed by atoms with Gasteiger partial charge in [-0.25, -0.2) is 0 Å². The summed E-state index contributed by atoms with van der Waals surface area (Å²) in [5.41, 5.74) is 0. The Balaban J connectivity index is 4.60. The van der Waals surface area contributed by atoms with Crippen molar-refractivity contribution in [1.82, 2.24) is 15.5 Å². The molecule has 2 amide bonds. The quantitative estimate of drug-likeness (QED) is 0.381. The van der Waals surface area contributed by atoms with Crippen molar-refractivity contribution in [2.24, 2.45) is 0 Å². The van der Waals surface area contributed by atoms with Crippen LogP contribution in [0.5, 0.6) is 0 Å². The molecule has 7 heteroatoms. The number of amides is 2. The van der Waals surface area contributed by atoms with E-state index >= 15 is 0 Å². The number of hydrogen-bond acceptors (Lipinski definition) is 5. The zero-order chi connectivity index (χ0) is 14.7. The number of likely N-dealkylation sites (N-methyl/N-ethyl adjacent to an activating group) is 1. The molecule has 0 radical (unpaired) electrons. The second kappa shape index (κ2) is 10.7. The molecule has 0 aliphatic carbocycles. The van der Waals surface area contributed by atoms with Crippen molar-refractivity contribution in [2.75, 3.05) is 39.4 Å². The van der Waals surface area contributed by atoms with Gasteiger partial charge in [0.05, 0.1) is 19.8 Å². The van der Waals surface area contributed by atoms with Gasteiger partial charge >= 0.3 is 0 Å². The molecule has 7 nitrogen and oxygen atoms in total. The van der Waals surface area contributed by atoms with E-state index in [1.165, 1.54) is 4.90 Å². The van der Waals surface area contributed by atoms with Gasteiger partial charge in [-0.3, -0.25) is 14.5 Å². The molecule has 1 unspecified atom stereocenters. The molecule has 0 aromatic carbocycles. The normalized spacial score (nSPS) is 12.3. The van der Waals surface area contributed by atoms with Crippen molar-refractivity contribution in [2.45, 2.75) is 26.3 Å². The van der Waals surface area contributed by atoms with E-state index < -0.39 is 12.6 Å². The Morgan fingerprint density at radius 2 is 1.89 bits per heavy atom. The molecule has 0 bridgehead atoms. The molecule has 0 aliphatic heterocycles. The Morgan fingerprint density at radius 1 is 1.21 bits per heavy atom. The van der Waals surface area contributed by atoms with Crippen molar-refractivity contribution < 1.29 is 19.8 Å². The highest BCUT2D eigenvalue weighted by molar-refractivity contribution is 5.83. The summed E-state index contributed by atoms with van der Waals surface area (Å²) in [5, 5.41) is 23.6. The Kier molecular flexibility index (Phi) is 10.1. The van der Waals surface area contributed by atoms with Gasteiger partial charge in [0, 0.05) is 19.6 Å². The topological polar surface area (TPSA) is 102 Å². The lowest BCUT2D eigenvalue weighted by Crippen LogP contribution is -2.53. The highest BCUT2D eigenvalue weighted by Gasteiger charge is 2.26. The zero-order valence-electron chi connectivity index (χ0n) is 11.7. The number of carbonyl (C=O) groups excluding carboxylic acids is 2. The third kappa shape index (κ3) is 7.09. The number of aliphatic hydroxyl groups excluding tert-OH is 2. The van der Waals surface area contributed by atoms with E-state index in [-0.39, 0.29) is 31.5 Å². The van der Waals surface area contributed by atoms with Crippen LogP contribution in [0.25, 0.3) is 0 Å². The molecule has 112 valence electrons. The first kappa shape index (κ1) is 17.8. The van der Waals surface area contributed by atoms with Crippen LogP contribution in [0.1, 0.15) is 20.3 Å². The molecule has 0 saturated carbocycles. The maximum absolute atomic E-state index is 11.9. The average molecular weight is 275 g/mol. The van der Waals surface area contributed by atoms with Gasteiger partial charge in [0.15, 0.2) is 0 Å². The number of nitrogens with one attached hydrogen (secondary N) is 2. The van der Waals surface area contributed by atoms with E-state index in [0.717, 1.165) is 6.42 Å². The lowest BCUT2D eigenvalue weighted by molar-refractivity contribution is -0.130. The highest BCUT2D eigenvalue weighted by Crippen LogP contribution is 1.99. The Hall–Kier alpha value is -1.18. The Bertz CT molecular complexity index is 274. The maximum Gasteiger partial charge on any atom is 0.239 e. The van der Waals surface area contributed by atoms with Gasteiger partial charge in [-0.15, -0.1) is 0 Å². The van der Waals surface area contributed by atoms with Crippen molar-refractivity contribution in [3.8, 4) is 0 Å². The van der Waals surface area contributed by atoms with Crippen LogP contribution in [0.15, 0.2) is 0 Å². The van der Waals surface area contributed by atoms with Gasteiger partial charge < -0.3 is 20.8 Å². The van der Waals surface area contributed by atoms with Crippen molar-refractivity contribution in [1.29, 1.82) is 0 Å². The molecule has 0 aromatic rings. The highest BCUT2D eigenvalue weighted by atomic mass is 16.3. The maximum atomic E-state index is 11.9. The second-order valence-electron chi connectivity index (χ2n) is 4.14. The lowest BCUT2D eigenvalue weighted by Gasteiger charge is -2.28. The molecule has 0 fully saturated rings. The van der Waals surface area contributed by atoms with Crippen LogP contribution in [0.4, 0.5) is 0 Å². The van der Waals surface area contributed by atoms with E-state index in [4.69, 9.17) is 5.11 Å². The van der Waals surface area contributed by atoms with Gasteiger partial charge in [0.1, 0.15) is 6.04 Å². The second-order valence-corrected chi connectivity index (χ2v) is 4.14. The minimum Gasteiger partial charge on any atom is -0.395 e. The smallest absolute Gasteiger partial charge is 0.239 e. The molecule has 0 aliphatic rings. The summed E-state index contributed by atoms with van der Waals surface area (Å²) in [6.45, 7) is 4.29. The van der Waals surface area contributed by atoms with Crippen LogP contribution in [0.3, 0.4) is 0 Å². The van der Waals surface area contributed by atoms with Gasteiger partial charge in [-0.05, 0) is 13.3 Å². The van der Waals surface area contributed by atoms with E-state index in [1.54, 1.807) is 6.92 Å². The van der Waals surface area contributed by atoms with Crippen LogP contribution in [0.2, 0.25) is 0 Å². The number of carbonyl (C=O) groups is 2. The summed E-state index contributed by atoms with van der Waals surface area (Å²) in [6.07, 6.45) is 0.792. The molecule has 0 spiro atoms. The van der Waals surface area contributed by atoms with Crippen molar-refractivity contribution >= 4 is 11.8 Å². The monoisotopic (exact) mass is 275 g/mol. The van der Waals surface area contributed by atoms with E-state index in [2.05, 4.69) is 10.6 Å². The van der Waals surface area contributed by atoms with Crippen molar-refractivity contribution in [3.63, 3.8) is 0 Å². The SMILES string of the molecule is CCCNC(=O)C(CO)N(CCO)CC(=O)NCC. The van der Waals surface area contributed by atoms with Crippen LogP contribution < -0.4 is 10.6 Å². The molecular weight excluding hydrogens is 250 g/mol. The molecular formula is C12H25N3O4. The number of aliphatic hydroxyl groups is 2. The van der Waals surface area contributed by atoms with Gasteiger partial charge in [0.25, 0.3) is 0 Å². The van der Waals surface area contributed by atoms with Crippen LogP contribution in [-0.2, 0) is 9.59 Å². The average Bonchev–Trinajstić information content (AvgIpc) is 2.37. The molecule has 0 saturated heterocycles. The third-order valence-electron chi connectivity index (χ3n) is 2.57. The van der Waals surface area contributed by atoms with E-state index in [1.807, 2.05) is 6.92 Å². The predicted octanol–water partition coefficient (Wildman–Crippen LogP) is -1.70. The lowest BCUT2D eigenvalue weighted by atomic mass is 10.2. The standard InChI is InChI=1S/C12H25N3O4/c1-3-5-14-12(19)10(9-17)15(6-7-16)8-11(18)13-4-2/h10,16-17H,3-9H2,1-2H3,(H,13,18)(H,14,19). The van der Waals surface area contributed by atoms with E-state index in [9.17, 15) is 14.7 Å². The summed E-state index contributed by atoms with van der Waals surface area (Å²) < 4.78 is 0. The zero-order valence-corrected chi connectivity index (χ0v) is 11.7. The van der Waals surface area contributed by atoms with Crippen LogP contribution in [0, 0.1) is 0 Å². The van der Waals surface area contributed by atoms with Gasteiger partial charge in [0.2, 0.25) is 11.8 Å². The van der Waals surface area contributed by atoms with Crippen LogP contribution >= 0.6 is 0 Å². The van der Waals surface area contributed by atoms with Gasteiger partial charge in [-0.2, -0.15) is 0 Å².